The molecule has 49 heavy (non-hydrogen) atoms. The normalized spacial score (nSPS) is 17.0. The van der Waals surface area contributed by atoms with Crippen LogP contribution in [0.5, 0.6) is 0 Å². The number of nitrogens with zero attached hydrogens (tertiary/aromatic N) is 3. The fraction of sp³-hybridized carbons (Fsp3) is 0.475. The molecule has 2 heterocycles. The molecule has 1 amide bonds. The van der Waals surface area contributed by atoms with Crippen molar-refractivity contribution < 1.29 is 13.6 Å². The Balaban J connectivity index is 2.03. The first-order valence-corrected chi connectivity index (χ1v) is 17.5. The number of hydrogen-bond acceptors (Lipinski definition) is 4. The van der Waals surface area contributed by atoms with Crippen molar-refractivity contribution in [2.45, 2.75) is 106 Å². The monoisotopic (exact) mass is 674 g/mol. The summed E-state index contributed by atoms with van der Waals surface area (Å²) in [5.74, 6) is -1.37. The van der Waals surface area contributed by atoms with Crippen LogP contribution in [-0.4, -0.2) is 45.2 Å². The lowest BCUT2D eigenvalue weighted by Crippen LogP contribution is -2.39. The fourth-order valence-electron chi connectivity index (χ4n) is 6.03. The van der Waals surface area contributed by atoms with Crippen molar-refractivity contribution in [3.05, 3.63) is 88.1 Å². The van der Waals surface area contributed by atoms with E-state index in [1.165, 1.54) is 12.2 Å². The average molecular weight is 675 g/mol. The number of amides is 1. The van der Waals surface area contributed by atoms with Gasteiger partial charge in [0.2, 0.25) is 0 Å². The zero-order valence-electron chi connectivity index (χ0n) is 30.9. The van der Waals surface area contributed by atoms with Crippen LogP contribution in [0.2, 0.25) is 0 Å². The molecule has 7 nitrogen and oxygen atoms in total. The molecule has 0 unspecified atom stereocenters. The van der Waals surface area contributed by atoms with Crippen molar-refractivity contribution in [3.8, 4) is 11.3 Å². The van der Waals surface area contributed by atoms with E-state index in [1.807, 2.05) is 59.0 Å². The number of carbonyl (C=O) groups is 1. The van der Waals surface area contributed by atoms with E-state index < -0.39 is 5.92 Å². The van der Waals surface area contributed by atoms with Crippen molar-refractivity contribution in [1.29, 1.82) is 5.41 Å². The third kappa shape index (κ3) is 10.4. The summed E-state index contributed by atoms with van der Waals surface area (Å²) in [6, 6.07) is 5.41. The molecule has 1 saturated heterocycles. The molecule has 2 aromatic rings. The number of amidine groups is 1. The van der Waals surface area contributed by atoms with Gasteiger partial charge >= 0.3 is 0 Å². The number of likely N-dealkylation sites (tertiary alicyclic amines) is 1. The summed E-state index contributed by atoms with van der Waals surface area (Å²) in [4.78, 5) is 20.8. The van der Waals surface area contributed by atoms with Gasteiger partial charge in [0.1, 0.15) is 5.82 Å². The van der Waals surface area contributed by atoms with Gasteiger partial charge in [0, 0.05) is 60.9 Å². The van der Waals surface area contributed by atoms with Crippen LogP contribution in [0.25, 0.3) is 23.2 Å². The van der Waals surface area contributed by atoms with E-state index in [-0.39, 0.29) is 17.4 Å². The van der Waals surface area contributed by atoms with Crippen molar-refractivity contribution >= 4 is 23.6 Å². The van der Waals surface area contributed by atoms with Crippen molar-refractivity contribution in [2.75, 3.05) is 13.1 Å². The van der Waals surface area contributed by atoms with Crippen LogP contribution in [0.4, 0.5) is 8.78 Å². The maximum Gasteiger partial charge on any atom is 0.270 e. The maximum atomic E-state index is 14.4. The van der Waals surface area contributed by atoms with E-state index in [0.717, 1.165) is 86.0 Å². The zero-order chi connectivity index (χ0) is 36.5. The van der Waals surface area contributed by atoms with Gasteiger partial charge < -0.3 is 20.5 Å². The van der Waals surface area contributed by atoms with E-state index in [9.17, 15) is 13.6 Å². The van der Waals surface area contributed by atoms with Gasteiger partial charge in [0.25, 0.3) is 11.8 Å². The highest BCUT2D eigenvalue weighted by Crippen LogP contribution is 2.36. The largest absolute Gasteiger partial charge is 0.397 e. The van der Waals surface area contributed by atoms with Gasteiger partial charge in [-0.05, 0) is 83.1 Å². The quantitative estimate of drug-likeness (QED) is 0.112. The molecule has 9 heteroatoms. The van der Waals surface area contributed by atoms with Crippen LogP contribution in [0, 0.1) is 18.3 Å². The van der Waals surface area contributed by atoms with Crippen LogP contribution >= 0.6 is 0 Å². The lowest BCUT2D eigenvalue weighted by molar-refractivity contribution is 0.0672. The number of carbonyl (C=O) groups excluding carboxylic acids is 1. The third-order valence-corrected chi connectivity index (χ3v) is 8.74. The molecular formula is C40H56F2N6O. The number of aromatic nitrogens is 2. The number of aryl methyl sites for hydroxylation is 1. The topological polar surface area (TPSA) is 100 Å². The summed E-state index contributed by atoms with van der Waals surface area (Å²) < 4.78 is 30.8. The first kappa shape index (κ1) is 39.2. The Morgan fingerprint density at radius 3 is 2.53 bits per heavy atom. The Bertz CT molecular complexity index is 1650. The van der Waals surface area contributed by atoms with Gasteiger partial charge in [0.05, 0.1) is 22.9 Å². The van der Waals surface area contributed by atoms with Crippen molar-refractivity contribution in [3.63, 3.8) is 0 Å². The first-order valence-electron chi connectivity index (χ1n) is 17.5. The smallest absolute Gasteiger partial charge is 0.270 e. The zero-order valence-corrected chi connectivity index (χ0v) is 30.9. The van der Waals surface area contributed by atoms with E-state index in [1.54, 1.807) is 25.1 Å². The lowest BCUT2D eigenvalue weighted by Gasteiger charge is -2.34. The Morgan fingerprint density at radius 1 is 1.22 bits per heavy atom. The highest BCUT2D eigenvalue weighted by molar-refractivity contribution is 5.96. The fourth-order valence-corrected chi connectivity index (χ4v) is 6.03. The number of imidazole rings is 1. The second-order valence-corrected chi connectivity index (χ2v) is 13.6. The number of benzene rings is 1. The second-order valence-electron chi connectivity index (χ2n) is 13.6. The minimum Gasteiger partial charge on any atom is -0.397 e. The molecule has 266 valence electrons. The molecular weight excluding hydrogens is 618 g/mol. The number of hydrogen-bond donors (Lipinski definition) is 3. The van der Waals surface area contributed by atoms with Gasteiger partial charge in [-0.2, -0.15) is 0 Å². The van der Waals surface area contributed by atoms with Crippen LogP contribution in [0.1, 0.15) is 121 Å². The molecule has 3 rings (SSSR count). The molecule has 1 aromatic carbocycles. The van der Waals surface area contributed by atoms with E-state index in [2.05, 4.69) is 28.6 Å². The van der Waals surface area contributed by atoms with Gasteiger partial charge in [-0.15, -0.1) is 0 Å². The highest BCUT2D eigenvalue weighted by Gasteiger charge is 2.30. The Hall–Kier alpha value is -4.27. The molecule has 0 bridgehead atoms. The van der Waals surface area contributed by atoms with E-state index in [4.69, 9.17) is 16.1 Å². The molecule has 0 radical (unpaired) electrons. The van der Waals surface area contributed by atoms with E-state index >= 15 is 0 Å². The number of halogens is 2. The Kier molecular flexibility index (Phi) is 13.9. The summed E-state index contributed by atoms with van der Waals surface area (Å²) in [7, 11) is 0. The van der Waals surface area contributed by atoms with Crippen molar-refractivity contribution in [1.82, 2.24) is 19.8 Å². The van der Waals surface area contributed by atoms with Crippen LogP contribution in [0.15, 0.2) is 65.4 Å². The molecule has 1 atom stereocenters. The number of rotatable bonds is 13. The minimum atomic E-state index is -3.07. The predicted octanol–water partition coefficient (Wildman–Crippen LogP) is 9.83. The number of alkyl halides is 2. The highest BCUT2D eigenvalue weighted by atomic mass is 19.3. The maximum absolute atomic E-state index is 14.4. The Morgan fingerprint density at radius 2 is 1.94 bits per heavy atom. The molecule has 0 spiro atoms. The van der Waals surface area contributed by atoms with Crippen LogP contribution in [-0.2, 0) is 0 Å². The average Bonchev–Trinajstić information content (AvgIpc) is 3.41. The van der Waals surface area contributed by atoms with Gasteiger partial charge in [-0.3, -0.25) is 10.2 Å². The SMILES string of the molecule is C/C=C\n1c([C@H]2CCCN(C(=N)CC(C)C)C2)nc(-c2ccc(C(=O)N/C(C)=C/C(=C\C=C(/C)CC)C(C)(F)F)cc2C)c1/C(N)=C/CC. The van der Waals surface area contributed by atoms with Crippen LogP contribution in [0.3, 0.4) is 0 Å². The van der Waals surface area contributed by atoms with Gasteiger partial charge in [-0.25, -0.2) is 13.8 Å². The molecule has 1 aliphatic rings. The minimum absolute atomic E-state index is 0.107. The Labute approximate surface area is 292 Å². The van der Waals surface area contributed by atoms with E-state index in [0.29, 0.717) is 28.7 Å². The predicted molar refractivity (Wildman–Crippen MR) is 201 cm³/mol. The second kappa shape index (κ2) is 17.4. The summed E-state index contributed by atoms with van der Waals surface area (Å²) in [5.41, 5.74) is 12.1. The van der Waals surface area contributed by atoms with Gasteiger partial charge in [0.15, 0.2) is 0 Å². The summed E-state index contributed by atoms with van der Waals surface area (Å²) in [6.07, 6.45) is 14.6. The number of nitrogens with two attached hydrogens (primary N) is 1. The standard InChI is InChI=1S/C40H56F2N6O/c1-10-14-34(43)37-36(46-38(48(37)20-11-2)31-15-13-21-47(25-31)35(44)22-26(4)5)33-19-17-30(23-28(33)7)39(49)45-29(8)24-32(40(9,41)42)18-16-27(6)12-3/h11,14,16-20,23-24,26,31,44H,10,12-13,15,21-22,25,43H2,1-9H3,(H,45,49)/b20-11-,27-16+,29-24+,32-18+,34-14-,44-35?/t31-/m0/s1. The summed E-state index contributed by atoms with van der Waals surface area (Å²) in [5, 5.41) is 11.5. The number of allylic oxidation sites excluding steroid dienone is 8. The number of piperidine rings is 1. The molecule has 1 aromatic heterocycles. The molecule has 0 saturated carbocycles. The van der Waals surface area contributed by atoms with Crippen molar-refractivity contribution in [2.24, 2.45) is 11.7 Å². The number of nitrogens with one attached hydrogen (secondary N) is 2. The third-order valence-electron chi connectivity index (χ3n) is 8.74. The first-order chi connectivity index (χ1) is 23.1. The van der Waals surface area contributed by atoms with Crippen LogP contribution < -0.4 is 11.1 Å². The molecule has 0 aliphatic carbocycles. The molecule has 4 N–H and O–H groups in total. The lowest BCUT2D eigenvalue weighted by atomic mass is 9.96. The summed E-state index contributed by atoms with van der Waals surface area (Å²) in [6.45, 7) is 18.1. The molecule has 1 aliphatic heterocycles. The molecule has 1 fully saturated rings. The van der Waals surface area contributed by atoms with Gasteiger partial charge in [-0.1, -0.05) is 63.6 Å². The summed E-state index contributed by atoms with van der Waals surface area (Å²) >= 11 is 0.